The first-order valence-corrected chi connectivity index (χ1v) is 13.4. The molecule has 1 aliphatic heterocycles. The third-order valence-corrected chi connectivity index (χ3v) is 8.21. The predicted molar refractivity (Wildman–Crippen MR) is 108 cm³/mol. The average Bonchev–Trinajstić information content (AvgIpc) is 2.83. The molecule has 6 N–H and O–H groups in total. The second-order valence-corrected chi connectivity index (χ2v) is 11.3. The zero-order chi connectivity index (χ0) is 26.3. The zero-order valence-corrected chi connectivity index (χ0v) is 20.1. The summed E-state index contributed by atoms with van der Waals surface area (Å²) in [5.74, 6) is 4.26. The molecule has 0 amide bonds. The summed E-state index contributed by atoms with van der Waals surface area (Å²) < 4.78 is 67.8. The van der Waals surface area contributed by atoms with Gasteiger partial charge in [-0.1, -0.05) is 5.92 Å². The highest BCUT2D eigenvalue weighted by Gasteiger charge is 2.60. The van der Waals surface area contributed by atoms with Gasteiger partial charge >= 0.3 is 29.2 Å². The molecule has 1 fully saturated rings. The lowest BCUT2D eigenvalue weighted by Gasteiger charge is -2.25. The second kappa shape index (κ2) is 9.87. The number of phosphoric ester groups is 1. The molecule has 2 heterocycles. The number of aromatic amines is 1. The second-order valence-electron chi connectivity index (χ2n) is 6.89. The maximum absolute atomic E-state index is 15.8. The van der Waals surface area contributed by atoms with E-state index in [1.54, 1.807) is 0 Å². The molecule has 0 bridgehead atoms. The molecular weight excluding hydrogens is 532 g/mol. The van der Waals surface area contributed by atoms with Crippen LogP contribution in [0.15, 0.2) is 15.7 Å². The van der Waals surface area contributed by atoms with Crippen molar-refractivity contribution in [1.82, 2.24) is 9.55 Å². The van der Waals surface area contributed by atoms with E-state index >= 15 is 4.39 Å². The van der Waals surface area contributed by atoms with Gasteiger partial charge in [-0.3, -0.25) is 18.9 Å². The quantitative estimate of drug-likeness (QED) is 0.177. The van der Waals surface area contributed by atoms with Gasteiger partial charge in [0.1, 0.15) is 12.2 Å². The van der Waals surface area contributed by atoms with E-state index in [1.165, 1.54) is 13.8 Å². The molecule has 34 heavy (non-hydrogen) atoms. The Morgan fingerprint density at radius 1 is 1.21 bits per heavy atom. The number of aliphatic hydroxyl groups is 1. The fourth-order valence-electron chi connectivity index (χ4n) is 3.13. The Morgan fingerprint density at radius 2 is 1.79 bits per heavy atom. The number of hydrogen-bond donors (Lipinski definition) is 6. The van der Waals surface area contributed by atoms with E-state index in [4.69, 9.17) is 14.5 Å². The van der Waals surface area contributed by atoms with E-state index in [0.29, 0.717) is 4.57 Å². The molecule has 2 rings (SSSR count). The van der Waals surface area contributed by atoms with Crippen molar-refractivity contribution in [3.63, 3.8) is 0 Å². The Balaban J connectivity index is 2.37. The number of aromatic nitrogens is 2. The maximum Gasteiger partial charge on any atom is 0.490 e. The topological polar surface area (TPSA) is 244 Å². The van der Waals surface area contributed by atoms with Crippen LogP contribution in [-0.2, 0) is 31.6 Å². The van der Waals surface area contributed by atoms with Crippen LogP contribution in [0.2, 0.25) is 0 Å². The highest BCUT2D eigenvalue weighted by molar-refractivity contribution is 7.66. The normalized spacial score (nSPS) is 29.5. The summed E-state index contributed by atoms with van der Waals surface area (Å²) in [5, 5.41) is 10.5. The van der Waals surface area contributed by atoms with Crippen molar-refractivity contribution < 1.29 is 60.6 Å². The summed E-state index contributed by atoms with van der Waals surface area (Å²) >= 11 is 0. The molecule has 0 aromatic carbocycles. The summed E-state index contributed by atoms with van der Waals surface area (Å²) in [6, 6.07) is 0.930. The van der Waals surface area contributed by atoms with E-state index in [1.807, 2.05) is 10.9 Å². The zero-order valence-electron chi connectivity index (χ0n) is 17.5. The average molecular weight is 552 g/mol. The molecule has 0 radical (unpaired) electrons. The number of hydrogen-bond acceptors (Lipinski definition) is 10. The Labute approximate surface area is 189 Å². The largest absolute Gasteiger partial charge is 0.490 e. The van der Waals surface area contributed by atoms with Crippen LogP contribution in [0.4, 0.5) is 4.39 Å². The van der Waals surface area contributed by atoms with Gasteiger partial charge in [0.05, 0.1) is 6.10 Å². The van der Waals surface area contributed by atoms with Gasteiger partial charge in [-0.2, -0.15) is 8.62 Å². The molecule has 1 aliphatic rings. The minimum atomic E-state index is -5.83. The van der Waals surface area contributed by atoms with Gasteiger partial charge in [-0.15, -0.1) is 5.92 Å². The van der Waals surface area contributed by atoms with Crippen molar-refractivity contribution in [3.05, 3.63) is 32.6 Å². The monoisotopic (exact) mass is 552 g/mol. The lowest BCUT2D eigenvalue weighted by Crippen LogP contribution is -2.46. The maximum atomic E-state index is 15.8. The van der Waals surface area contributed by atoms with E-state index in [2.05, 4.69) is 19.1 Å². The number of nitrogens with one attached hydrogen (secondary N) is 1. The van der Waals surface area contributed by atoms with Crippen LogP contribution < -0.4 is 11.2 Å². The third kappa shape index (κ3) is 6.58. The van der Waals surface area contributed by atoms with Crippen LogP contribution in [0.3, 0.4) is 0 Å². The number of aryl methyl sites for hydroxylation is 1. The van der Waals surface area contributed by atoms with E-state index in [-0.39, 0.29) is 5.69 Å². The predicted octanol–water partition coefficient (Wildman–Crippen LogP) is -0.433. The van der Waals surface area contributed by atoms with Crippen molar-refractivity contribution in [2.24, 2.45) is 0 Å². The molecular formula is C14H20FN2O14P3. The van der Waals surface area contributed by atoms with Crippen LogP contribution in [0, 0.1) is 18.8 Å². The minimum Gasteiger partial charge on any atom is -0.386 e. The summed E-state index contributed by atoms with van der Waals surface area (Å²) in [7, 11) is -17.1. The van der Waals surface area contributed by atoms with Crippen LogP contribution in [0.25, 0.3) is 0 Å². The lowest BCUT2D eigenvalue weighted by atomic mass is 9.94. The number of aliphatic hydroxyl groups excluding tert-OH is 1. The SMILES string of the molecule is CC#CC1(F)[C@@H](O)C([C@@H](C)OP(=O)(O)OP(=O)(O)OP(=O)(O)O)O[C@H]1n1c(C)cc(=O)[nH]c1=O. The van der Waals surface area contributed by atoms with Crippen LogP contribution in [0.1, 0.15) is 25.8 Å². The summed E-state index contributed by atoms with van der Waals surface area (Å²) in [6.45, 7) is 3.41. The van der Waals surface area contributed by atoms with Gasteiger partial charge < -0.3 is 29.4 Å². The fourth-order valence-corrected chi connectivity index (χ4v) is 6.33. The molecule has 20 heteroatoms. The molecule has 4 unspecified atom stereocenters. The standard InChI is InChI=1S/C14H20FN2O14P3/c1-4-5-14(15)11(19)10(28-12(14)17-7(2)6-9(18)16-13(17)20)8(3)29-33(24,25)31-34(26,27)30-32(21,22)23/h6,8,10-12,19H,1-3H3,(H,24,25)(H,26,27)(H,16,18,20)(H2,21,22,23)/t8-,10?,11+,12-,14?/m1/s1. The number of nitrogens with zero attached hydrogens (tertiary/aromatic N) is 1. The van der Waals surface area contributed by atoms with Crippen molar-refractivity contribution >= 4 is 23.5 Å². The van der Waals surface area contributed by atoms with Crippen molar-refractivity contribution in [2.75, 3.05) is 0 Å². The number of phosphoric acid groups is 3. The van der Waals surface area contributed by atoms with E-state index in [0.717, 1.165) is 13.0 Å². The number of ether oxygens (including phenoxy) is 1. The molecule has 7 atom stereocenters. The smallest absolute Gasteiger partial charge is 0.386 e. The van der Waals surface area contributed by atoms with Crippen molar-refractivity contribution in [2.45, 2.75) is 51.0 Å². The molecule has 0 saturated carbocycles. The van der Waals surface area contributed by atoms with Gasteiger partial charge in [0.25, 0.3) is 5.56 Å². The van der Waals surface area contributed by atoms with Crippen LogP contribution >= 0.6 is 23.5 Å². The molecule has 16 nitrogen and oxygen atoms in total. The number of halogens is 1. The van der Waals surface area contributed by atoms with Crippen LogP contribution in [0.5, 0.6) is 0 Å². The number of alkyl halides is 1. The van der Waals surface area contributed by atoms with Gasteiger partial charge in [0.2, 0.25) is 5.67 Å². The number of H-pyrrole nitrogens is 1. The molecule has 192 valence electrons. The van der Waals surface area contributed by atoms with Gasteiger partial charge in [0, 0.05) is 11.8 Å². The summed E-state index contributed by atoms with van der Waals surface area (Å²) in [5.41, 5.74) is -5.03. The molecule has 1 saturated heterocycles. The molecule has 0 aliphatic carbocycles. The molecule has 1 aromatic heterocycles. The fraction of sp³-hybridized carbons (Fsp3) is 0.571. The van der Waals surface area contributed by atoms with Gasteiger partial charge in [0.15, 0.2) is 6.23 Å². The first-order valence-electron chi connectivity index (χ1n) is 8.93. The minimum absolute atomic E-state index is 0.0907. The lowest BCUT2D eigenvalue weighted by molar-refractivity contribution is -0.0787. The molecule has 0 spiro atoms. The van der Waals surface area contributed by atoms with Crippen molar-refractivity contribution in [1.29, 1.82) is 0 Å². The molecule has 1 aromatic rings. The third-order valence-electron chi connectivity index (χ3n) is 4.29. The summed E-state index contributed by atoms with van der Waals surface area (Å²) in [4.78, 5) is 61.7. The number of rotatable bonds is 8. The highest BCUT2D eigenvalue weighted by Crippen LogP contribution is 2.66. The highest BCUT2D eigenvalue weighted by atomic mass is 31.3. The Bertz CT molecular complexity index is 1260. The van der Waals surface area contributed by atoms with E-state index < -0.39 is 64.9 Å². The van der Waals surface area contributed by atoms with Gasteiger partial charge in [-0.25, -0.2) is 22.9 Å². The first-order chi connectivity index (χ1) is 15.3. The first kappa shape index (κ1) is 28.7. The Kier molecular flexibility index (Phi) is 8.34. The van der Waals surface area contributed by atoms with Crippen molar-refractivity contribution in [3.8, 4) is 11.8 Å². The van der Waals surface area contributed by atoms with Gasteiger partial charge in [-0.05, 0) is 20.8 Å². The van der Waals surface area contributed by atoms with E-state index in [9.17, 15) is 38.2 Å². The van der Waals surface area contributed by atoms with Crippen LogP contribution in [-0.4, -0.2) is 58.2 Å². The Morgan fingerprint density at radius 3 is 2.29 bits per heavy atom. The summed E-state index contributed by atoms with van der Waals surface area (Å²) in [6.07, 6.45) is -7.92. The Hall–Kier alpha value is -1.50.